The molecule has 20 heavy (non-hydrogen) atoms. The molecule has 0 bridgehead atoms. The lowest BCUT2D eigenvalue weighted by atomic mass is 10.0. The van der Waals surface area contributed by atoms with Crippen LogP contribution >= 0.6 is 0 Å². The number of nitrogens with one attached hydrogen (secondary N) is 1. The molecule has 3 aromatic rings. The molecular weight excluding hydrogens is 250 g/mol. The zero-order valence-corrected chi connectivity index (χ0v) is 11.1. The van der Waals surface area contributed by atoms with Gasteiger partial charge in [0, 0.05) is 17.8 Å². The van der Waals surface area contributed by atoms with Crippen LogP contribution in [0.5, 0.6) is 0 Å². The van der Waals surface area contributed by atoms with E-state index in [4.69, 9.17) is 10.3 Å². The van der Waals surface area contributed by atoms with E-state index in [1.807, 2.05) is 42.5 Å². The summed E-state index contributed by atoms with van der Waals surface area (Å²) in [5.74, 6) is 6.55. The third-order valence-electron chi connectivity index (χ3n) is 3.46. The minimum absolute atomic E-state index is 0.00978. The van der Waals surface area contributed by atoms with Crippen LogP contribution in [0, 0.1) is 0 Å². The summed E-state index contributed by atoms with van der Waals surface area (Å²) in [5.41, 5.74) is 4.98. The number of pyridine rings is 1. The normalized spacial score (nSPS) is 12.7. The summed E-state index contributed by atoms with van der Waals surface area (Å²) in [6.45, 7) is 0. The number of rotatable bonds is 5. The van der Waals surface area contributed by atoms with Crippen LogP contribution in [-0.4, -0.2) is 4.98 Å². The lowest BCUT2D eigenvalue weighted by Crippen LogP contribution is -2.28. The largest absolute Gasteiger partial charge is 0.459 e. The maximum Gasteiger partial charge on any atom is 0.134 e. The average molecular weight is 267 g/mol. The lowest BCUT2D eigenvalue weighted by molar-refractivity contribution is 0.417. The monoisotopic (exact) mass is 267 g/mol. The summed E-state index contributed by atoms with van der Waals surface area (Å²) in [4.78, 5) is 4.02. The van der Waals surface area contributed by atoms with Gasteiger partial charge in [0.1, 0.15) is 11.3 Å². The first-order valence-corrected chi connectivity index (χ1v) is 6.70. The highest BCUT2D eigenvalue weighted by atomic mass is 16.3. The van der Waals surface area contributed by atoms with E-state index < -0.39 is 0 Å². The smallest absolute Gasteiger partial charge is 0.134 e. The Morgan fingerprint density at radius 1 is 1.15 bits per heavy atom. The molecule has 1 unspecified atom stereocenters. The fourth-order valence-electron chi connectivity index (χ4n) is 2.34. The van der Waals surface area contributed by atoms with Crippen molar-refractivity contribution in [3.8, 4) is 0 Å². The van der Waals surface area contributed by atoms with Crippen LogP contribution in [-0.2, 0) is 6.42 Å². The van der Waals surface area contributed by atoms with Gasteiger partial charge in [0.05, 0.1) is 6.04 Å². The summed E-state index contributed by atoms with van der Waals surface area (Å²) in [6, 6.07) is 14.1. The Kier molecular flexibility index (Phi) is 3.76. The number of hydrogen-bond acceptors (Lipinski definition) is 4. The van der Waals surface area contributed by atoms with Crippen molar-refractivity contribution in [2.24, 2.45) is 5.84 Å². The van der Waals surface area contributed by atoms with Crippen molar-refractivity contribution in [3.63, 3.8) is 0 Å². The Morgan fingerprint density at radius 3 is 2.70 bits per heavy atom. The quantitative estimate of drug-likeness (QED) is 0.551. The van der Waals surface area contributed by atoms with Crippen LogP contribution in [0.15, 0.2) is 59.3 Å². The zero-order valence-electron chi connectivity index (χ0n) is 11.1. The first kappa shape index (κ1) is 12.8. The number of hydrogen-bond donors (Lipinski definition) is 2. The van der Waals surface area contributed by atoms with Crippen molar-refractivity contribution in [1.29, 1.82) is 0 Å². The number of aromatic nitrogens is 1. The molecule has 102 valence electrons. The SMILES string of the molecule is NNC(CCc1ccncc1)c1cc2ccccc2o1. The summed E-state index contributed by atoms with van der Waals surface area (Å²) in [7, 11) is 0. The Morgan fingerprint density at radius 2 is 1.95 bits per heavy atom. The van der Waals surface area contributed by atoms with Crippen LogP contribution in [0.4, 0.5) is 0 Å². The fraction of sp³-hybridized carbons (Fsp3) is 0.188. The molecule has 0 saturated heterocycles. The molecule has 2 aromatic heterocycles. The number of benzene rings is 1. The molecule has 0 saturated carbocycles. The van der Waals surface area contributed by atoms with Crippen molar-refractivity contribution in [3.05, 3.63) is 66.2 Å². The second-order valence-electron chi connectivity index (χ2n) is 4.80. The number of hydrazine groups is 1. The van der Waals surface area contributed by atoms with E-state index in [9.17, 15) is 0 Å². The van der Waals surface area contributed by atoms with Gasteiger partial charge >= 0.3 is 0 Å². The second-order valence-corrected chi connectivity index (χ2v) is 4.80. The molecule has 3 rings (SSSR count). The first-order valence-electron chi connectivity index (χ1n) is 6.70. The molecule has 0 fully saturated rings. The Hall–Kier alpha value is -2.17. The molecule has 0 aliphatic rings. The molecule has 0 amide bonds. The van der Waals surface area contributed by atoms with Gasteiger partial charge in [-0.3, -0.25) is 10.8 Å². The van der Waals surface area contributed by atoms with Crippen LogP contribution in [0.3, 0.4) is 0 Å². The number of fused-ring (bicyclic) bond motifs is 1. The highest BCUT2D eigenvalue weighted by Crippen LogP contribution is 2.26. The standard InChI is InChI=1S/C16H17N3O/c17-19-14(6-5-12-7-9-18-10-8-12)16-11-13-3-1-2-4-15(13)20-16/h1-4,7-11,14,19H,5-6,17H2. The molecular formula is C16H17N3O. The van der Waals surface area contributed by atoms with Crippen molar-refractivity contribution in [2.45, 2.75) is 18.9 Å². The highest BCUT2D eigenvalue weighted by molar-refractivity contribution is 5.77. The van der Waals surface area contributed by atoms with Gasteiger partial charge in [-0.15, -0.1) is 0 Å². The van der Waals surface area contributed by atoms with E-state index in [-0.39, 0.29) is 6.04 Å². The van der Waals surface area contributed by atoms with Crippen molar-refractivity contribution >= 4 is 11.0 Å². The number of aryl methyl sites for hydroxylation is 1. The molecule has 0 radical (unpaired) electrons. The summed E-state index contributed by atoms with van der Waals surface area (Å²) < 4.78 is 5.85. The van der Waals surface area contributed by atoms with Crippen LogP contribution < -0.4 is 11.3 Å². The van der Waals surface area contributed by atoms with Gasteiger partial charge in [-0.05, 0) is 42.7 Å². The van der Waals surface area contributed by atoms with Crippen molar-refractivity contribution < 1.29 is 4.42 Å². The number of nitrogens with two attached hydrogens (primary N) is 1. The van der Waals surface area contributed by atoms with Crippen LogP contribution in [0.1, 0.15) is 23.8 Å². The molecule has 1 atom stereocenters. The molecule has 4 nitrogen and oxygen atoms in total. The van der Waals surface area contributed by atoms with Gasteiger partial charge < -0.3 is 4.42 Å². The fourth-order valence-corrected chi connectivity index (χ4v) is 2.34. The topological polar surface area (TPSA) is 64.1 Å². The van der Waals surface area contributed by atoms with Crippen molar-refractivity contribution in [2.75, 3.05) is 0 Å². The van der Waals surface area contributed by atoms with E-state index in [0.717, 1.165) is 29.6 Å². The predicted octanol–water partition coefficient (Wildman–Crippen LogP) is 2.97. The van der Waals surface area contributed by atoms with E-state index in [0.29, 0.717) is 0 Å². The summed E-state index contributed by atoms with van der Waals surface area (Å²) in [6.07, 6.45) is 5.41. The molecule has 0 aliphatic heterocycles. The Balaban J connectivity index is 1.75. The minimum Gasteiger partial charge on any atom is -0.459 e. The zero-order chi connectivity index (χ0) is 13.8. The van der Waals surface area contributed by atoms with E-state index in [1.165, 1.54) is 5.56 Å². The van der Waals surface area contributed by atoms with E-state index in [1.54, 1.807) is 12.4 Å². The molecule has 1 aromatic carbocycles. The Labute approximate surface area is 117 Å². The van der Waals surface area contributed by atoms with Gasteiger partial charge in [0.2, 0.25) is 0 Å². The lowest BCUT2D eigenvalue weighted by Gasteiger charge is -2.12. The summed E-state index contributed by atoms with van der Waals surface area (Å²) >= 11 is 0. The highest BCUT2D eigenvalue weighted by Gasteiger charge is 2.14. The molecule has 2 heterocycles. The van der Waals surface area contributed by atoms with E-state index in [2.05, 4.69) is 10.4 Å². The molecule has 0 spiro atoms. The molecule has 4 heteroatoms. The maximum atomic E-state index is 5.85. The maximum absolute atomic E-state index is 5.85. The number of furan rings is 1. The minimum atomic E-state index is 0.00978. The molecule has 0 aliphatic carbocycles. The van der Waals surface area contributed by atoms with Gasteiger partial charge in [0.15, 0.2) is 0 Å². The number of para-hydroxylation sites is 1. The first-order chi connectivity index (χ1) is 9.86. The van der Waals surface area contributed by atoms with Crippen LogP contribution in [0.2, 0.25) is 0 Å². The van der Waals surface area contributed by atoms with E-state index >= 15 is 0 Å². The van der Waals surface area contributed by atoms with Gasteiger partial charge in [-0.1, -0.05) is 18.2 Å². The van der Waals surface area contributed by atoms with Gasteiger partial charge in [-0.2, -0.15) is 0 Å². The molecule has 3 N–H and O–H groups in total. The van der Waals surface area contributed by atoms with Gasteiger partial charge in [-0.25, -0.2) is 5.43 Å². The second kappa shape index (κ2) is 5.86. The number of nitrogens with zero attached hydrogens (tertiary/aromatic N) is 1. The van der Waals surface area contributed by atoms with Gasteiger partial charge in [0.25, 0.3) is 0 Å². The summed E-state index contributed by atoms with van der Waals surface area (Å²) in [5, 5.41) is 1.10. The third kappa shape index (κ3) is 2.71. The average Bonchev–Trinajstić information content (AvgIpc) is 2.92. The predicted molar refractivity (Wildman–Crippen MR) is 78.8 cm³/mol. The van der Waals surface area contributed by atoms with Crippen LogP contribution in [0.25, 0.3) is 11.0 Å². The Bertz CT molecular complexity index is 645. The third-order valence-corrected chi connectivity index (χ3v) is 3.46. The van der Waals surface area contributed by atoms with Crippen molar-refractivity contribution in [1.82, 2.24) is 10.4 Å².